The average Bonchev–Trinajstić information content (AvgIpc) is 3.14. The summed E-state index contributed by atoms with van der Waals surface area (Å²) in [4.78, 5) is 4.09. The van der Waals surface area contributed by atoms with Gasteiger partial charge in [-0.25, -0.2) is 18.5 Å². The molecule has 0 atom stereocenters. The van der Waals surface area contributed by atoms with Crippen LogP contribution in [0.5, 0.6) is 0 Å². The van der Waals surface area contributed by atoms with Gasteiger partial charge in [0.15, 0.2) is 0 Å². The smallest absolute Gasteiger partial charge is 0.238 e. The van der Waals surface area contributed by atoms with E-state index in [2.05, 4.69) is 15.5 Å². The summed E-state index contributed by atoms with van der Waals surface area (Å²) in [7, 11) is -3.69. The van der Waals surface area contributed by atoms with Crippen LogP contribution in [0.15, 0.2) is 77.2 Å². The Hall–Kier alpha value is -2.97. The van der Waals surface area contributed by atoms with Gasteiger partial charge in [-0.05, 0) is 48.9 Å². The second kappa shape index (κ2) is 6.88. The summed E-state index contributed by atoms with van der Waals surface area (Å²) in [5, 5.41) is 9.39. The summed E-state index contributed by atoms with van der Waals surface area (Å²) < 4.78 is 24.4. The van der Waals surface area contributed by atoms with Crippen LogP contribution < -0.4 is 10.6 Å². The maximum atomic E-state index is 11.2. The van der Waals surface area contributed by atoms with E-state index in [4.69, 9.17) is 5.14 Å². The maximum absolute atomic E-state index is 11.2. The molecule has 0 aliphatic heterocycles. The third-order valence-corrected chi connectivity index (χ3v) is 4.55. The number of hydrogen-bond donors (Lipinski definition) is 2. The fourth-order valence-corrected chi connectivity index (χ4v) is 2.73. The van der Waals surface area contributed by atoms with Crippen LogP contribution in [0.4, 0.5) is 5.69 Å². The van der Waals surface area contributed by atoms with Crippen LogP contribution in [0.1, 0.15) is 12.5 Å². The third-order valence-electron chi connectivity index (χ3n) is 3.62. The molecule has 3 aromatic rings. The van der Waals surface area contributed by atoms with Gasteiger partial charge in [-0.3, -0.25) is 5.43 Å². The molecule has 3 rings (SSSR count). The van der Waals surface area contributed by atoms with E-state index >= 15 is 0 Å². The van der Waals surface area contributed by atoms with E-state index < -0.39 is 10.0 Å². The fraction of sp³-hybridized carbons (Fsp3) is 0.0588. The van der Waals surface area contributed by atoms with Gasteiger partial charge < -0.3 is 4.57 Å². The van der Waals surface area contributed by atoms with Gasteiger partial charge in [0.2, 0.25) is 10.0 Å². The quantitative estimate of drug-likeness (QED) is 0.542. The van der Waals surface area contributed by atoms with Crippen LogP contribution in [0.3, 0.4) is 0 Å². The number of aromatic nitrogens is 2. The number of nitrogens with two attached hydrogens (primary N) is 1. The lowest BCUT2D eigenvalue weighted by atomic mass is 10.1. The highest BCUT2D eigenvalue weighted by molar-refractivity contribution is 7.89. The molecule has 0 radical (unpaired) electrons. The number of benzene rings is 2. The van der Waals surface area contributed by atoms with E-state index in [-0.39, 0.29) is 4.90 Å². The molecule has 0 aliphatic rings. The summed E-state index contributed by atoms with van der Waals surface area (Å²) in [6.07, 6.45) is 5.34. The minimum Gasteiger partial charge on any atom is -0.306 e. The molecule has 0 aliphatic carbocycles. The zero-order valence-electron chi connectivity index (χ0n) is 13.5. The number of anilines is 1. The number of primary sulfonamides is 1. The Morgan fingerprint density at radius 1 is 1.12 bits per heavy atom. The van der Waals surface area contributed by atoms with Crippen molar-refractivity contribution >= 4 is 21.4 Å². The Labute approximate surface area is 145 Å². The molecule has 0 spiro atoms. The lowest BCUT2D eigenvalue weighted by Gasteiger charge is -2.06. The Balaban J connectivity index is 1.71. The molecule has 0 fully saturated rings. The normalized spacial score (nSPS) is 12.2. The molecule has 0 saturated heterocycles. The van der Waals surface area contributed by atoms with Crippen LogP contribution in [0.25, 0.3) is 5.69 Å². The third kappa shape index (κ3) is 4.11. The summed E-state index contributed by atoms with van der Waals surface area (Å²) in [5.41, 5.74) is 6.35. The van der Waals surface area contributed by atoms with Crippen molar-refractivity contribution < 1.29 is 8.42 Å². The first kappa shape index (κ1) is 16.9. The van der Waals surface area contributed by atoms with Gasteiger partial charge in [0.25, 0.3) is 0 Å². The van der Waals surface area contributed by atoms with Crippen LogP contribution in [0.2, 0.25) is 0 Å². The monoisotopic (exact) mass is 355 g/mol. The molecule has 7 nitrogen and oxygen atoms in total. The summed E-state index contributed by atoms with van der Waals surface area (Å²) in [6, 6.07) is 14.0. The zero-order valence-corrected chi connectivity index (χ0v) is 14.3. The van der Waals surface area contributed by atoms with E-state index in [0.717, 1.165) is 17.0 Å². The Morgan fingerprint density at radius 2 is 1.80 bits per heavy atom. The molecule has 0 amide bonds. The zero-order chi connectivity index (χ0) is 17.9. The number of imidazole rings is 1. The molecule has 0 saturated carbocycles. The van der Waals surface area contributed by atoms with E-state index in [0.29, 0.717) is 5.69 Å². The second-order valence-corrected chi connectivity index (χ2v) is 6.96. The standard InChI is InChI=1S/C17H17N5O2S/c1-13(14-2-6-16(7-3-14)22-11-10-19-12-22)20-21-15-4-8-17(9-5-15)25(18,23)24/h2-12,21H,1H3,(H2,18,23,24)/b20-13+. The Kier molecular flexibility index (Phi) is 4.64. The minimum atomic E-state index is -3.69. The van der Waals surface area contributed by atoms with Gasteiger partial charge in [-0.2, -0.15) is 5.10 Å². The van der Waals surface area contributed by atoms with Crippen molar-refractivity contribution in [1.29, 1.82) is 0 Å². The lowest BCUT2D eigenvalue weighted by Crippen LogP contribution is -2.11. The minimum absolute atomic E-state index is 0.0637. The predicted octanol–water partition coefficient (Wildman–Crippen LogP) is 2.36. The first-order valence-electron chi connectivity index (χ1n) is 7.45. The molecule has 128 valence electrons. The summed E-state index contributed by atoms with van der Waals surface area (Å²) in [6.45, 7) is 1.89. The van der Waals surface area contributed by atoms with E-state index in [1.165, 1.54) is 12.1 Å². The molecular formula is C17H17N5O2S. The molecule has 3 N–H and O–H groups in total. The first-order chi connectivity index (χ1) is 11.9. The highest BCUT2D eigenvalue weighted by Gasteiger charge is 2.06. The maximum Gasteiger partial charge on any atom is 0.238 e. The number of sulfonamides is 1. The topological polar surface area (TPSA) is 102 Å². The SMILES string of the molecule is C/C(=N\Nc1ccc(S(N)(=O)=O)cc1)c1ccc(-n2ccnc2)cc1. The molecule has 25 heavy (non-hydrogen) atoms. The van der Waals surface area contributed by atoms with Crippen molar-refractivity contribution in [2.45, 2.75) is 11.8 Å². The van der Waals surface area contributed by atoms with Gasteiger partial charge in [0.05, 0.1) is 22.6 Å². The first-order valence-corrected chi connectivity index (χ1v) is 9.00. The lowest BCUT2D eigenvalue weighted by molar-refractivity contribution is 0.598. The van der Waals surface area contributed by atoms with Crippen molar-refractivity contribution in [3.8, 4) is 5.69 Å². The highest BCUT2D eigenvalue weighted by atomic mass is 32.2. The summed E-state index contributed by atoms with van der Waals surface area (Å²) >= 11 is 0. The number of hydrogen-bond acceptors (Lipinski definition) is 5. The van der Waals surface area contributed by atoms with Crippen LogP contribution in [-0.2, 0) is 10.0 Å². The Morgan fingerprint density at radius 3 is 2.36 bits per heavy atom. The second-order valence-electron chi connectivity index (χ2n) is 5.40. The van der Waals surface area contributed by atoms with E-state index in [1.54, 1.807) is 24.7 Å². The van der Waals surface area contributed by atoms with Crippen LogP contribution in [-0.4, -0.2) is 23.7 Å². The number of hydrazone groups is 1. The molecule has 0 unspecified atom stereocenters. The van der Waals surface area contributed by atoms with Crippen molar-refractivity contribution in [2.75, 3.05) is 5.43 Å². The van der Waals surface area contributed by atoms with Crippen molar-refractivity contribution in [2.24, 2.45) is 10.2 Å². The molecule has 0 bridgehead atoms. The number of rotatable bonds is 5. The van der Waals surface area contributed by atoms with Crippen LogP contribution >= 0.6 is 0 Å². The Bertz CT molecular complexity index is 977. The number of nitrogens with zero attached hydrogens (tertiary/aromatic N) is 3. The van der Waals surface area contributed by atoms with E-state index in [9.17, 15) is 8.42 Å². The van der Waals surface area contributed by atoms with Gasteiger partial charge >= 0.3 is 0 Å². The van der Waals surface area contributed by atoms with Crippen molar-refractivity contribution in [1.82, 2.24) is 9.55 Å². The molecule has 8 heteroatoms. The number of nitrogens with one attached hydrogen (secondary N) is 1. The van der Waals surface area contributed by atoms with Crippen molar-refractivity contribution in [3.63, 3.8) is 0 Å². The average molecular weight is 355 g/mol. The molecule has 1 aromatic heterocycles. The van der Waals surface area contributed by atoms with Gasteiger partial charge in [-0.1, -0.05) is 12.1 Å². The largest absolute Gasteiger partial charge is 0.306 e. The summed E-state index contributed by atoms with van der Waals surface area (Å²) in [5.74, 6) is 0. The fourth-order valence-electron chi connectivity index (χ4n) is 2.22. The predicted molar refractivity (Wildman–Crippen MR) is 97.2 cm³/mol. The molecular weight excluding hydrogens is 338 g/mol. The van der Waals surface area contributed by atoms with Crippen molar-refractivity contribution in [3.05, 3.63) is 72.8 Å². The highest BCUT2D eigenvalue weighted by Crippen LogP contribution is 2.14. The van der Waals surface area contributed by atoms with Gasteiger partial charge in [0, 0.05) is 18.1 Å². The van der Waals surface area contributed by atoms with E-state index in [1.807, 2.05) is 42.0 Å². The molecule has 1 heterocycles. The van der Waals surface area contributed by atoms with Gasteiger partial charge in [-0.15, -0.1) is 0 Å². The van der Waals surface area contributed by atoms with Crippen LogP contribution in [0, 0.1) is 0 Å². The van der Waals surface area contributed by atoms with Gasteiger partial charge in [0.1, 0.15) is 0 Å². The molecule has 2 aromatic carbocycles.